The molecule has 3 aliphatic carbocycles. The molecule has 8 heteroatoms. The molecule has 4 N–H and O–H groups in total. The molecular weight excluding hydrogens is 490 g/mol. The lowest BCUT2D eigenvalue weighted by Gasteiger charge is -2.51. The molecule has 0 spiro atoms. The summed E-state index contributed by atoms with van der Waals surface area (Å²) in [6.07, 6.45) is 0.208. The van der Waals surface area contributed by atoms with Gasteiger partial charge in [0.1, 0.15) is 17.3 Å². The van der Waals surface area contributed by atoms with E-state index in [1.165, 1.54) is 13.0 Å². The van der Waals surface area contributed by atoms with Crippen molar-refractivity contribution in [1.29, 1.82) is 0 Å². The quantitative estimate of drug-likeness (QED) is 0.464. The number of carbonyl (C=O) groups is 2. The first kappa shape index (κ1) is 25.6. The number of likely N-dealkylation sites (N-methyl/N-ethyl adjacent to an activating group) is 1. The predicted octanol–water partition coefficient (Wildman–Crippen LogP) is 4.13. The predicted molar refractivity (Wildman–Crippen MR) is 142 cm³/mol. The fourth-order valence-corrected chi connectivity index (χ4v) is 7.57. The van der Waals surface area contributed by atoms with Crippen LogP contribution in [-0.2, 0) is 10.5 Å². The fraction of sp³-hybridized carbons (Fsp3) is 0.379. The van der Waals surface area contributed by atoms with E-state index in [1.54, 1.807) is 36.8 Å². The highest BCUT2D eigenvalue weighted by atomic mass is 32.2. The Morgan fingerprint density at radius 1 is 1.03 bits per heavy atom. The number of ketones is 2. The van der Waals surface area contributed by atoms with E-state index < -0.39 is 40.8 Å². The molecule has 2 aromatic rings. The molecule has 0 saturated heterocycles. The van der Waals surface area contributed by atoms with Crippen LogP contribution in [0.3, 0.4) is 0 Å². The van der Waals surface area contributed by atoms with Gasteiger partial charge in [-0.1, -0.05) is 42.5 Å². The monoisotopic (exact) mass is 521 g/mol. The van der Waals surface area contributed by atoms with E-state index in [2.05, 4.69) is 0 Å². The molecule has 5 rings (SSSR count). The Balaban J connectivity index is 1.63. The highest BCUT2D eigenvalue weighted by Crippen LogP contribution is 2.56. The van der Waals surface area contributed by atoms with Gasteiger partial charge in [0.05, 0.1) is 11.6 Å². The van der Waals surface area contributed by atoms with Crippen LogP contribution in [0.25, 0.3) is 0 Å². The number of thioether (sulfide) groups is 1. The molecule has 0 heterocycles. The van der Waals surface area contributed by atoms with Crippen molar-refractivity contribution in [2.24, 2.45) is 11.8 Å². The van der Waals surface area contributed by atoms with Gasteiger partial charge in [-0.05, 0) is 50.6 Å². The number of fused-ring (bicyclic) bond motifs is 3. The van der Waals surface area contributed by atoms with Gasteiger partial charge in [-0.15, -0.1) is 0 Å². The number of hydrogen-bond acceptors (Lipinski definition) is 8. The van der Waals surface area contributed by atoms with Crippen LogP contribution in [0.1, 0.15) is 40.7 Å². The minimum absolute atomic E-state index is 0.0156. The molecule has 37 heavy (non-hydrogen) atoms. The third-order valence-corrected chi connectivity index (χ3v) is 9.29. The van der Waals surface area contributed by atoms with Gasteiger partial charge in [0.15, 0.2) is 11.4 Å². The first-order chi connectivity index (χ1) is 17.6. The average Bonchev–Trinajstić information content (AvgIpc) is 2.87. The van der Waals surface area contributed by atoms with Gasteiger partial charge in [0.25, 0.3) is 0 Å². The highest BCUT2D eigenvalue weighted by Gasteiger charge is 2.62. The Morgan fingerprint density at radius 3 is 2.41 bits per heavy atom. The summed E-state index contributed by atoms with van der Waals surface area (Å²) in [5.74, 6) is -2.65. The van der Waals surface area contributed by atoms with Gasteiger partial charge < -0.3 is 20.4 Å². The van der Waals surface area contributed by atoms with Crippen LogP contribution < -0.4 is 0 Å². The fourth-order valence-electron chi connectivity index (χ4n) is 6.36. The normalized spacial score (nSPS) is 29.3. The molecule has 194 valence electrons. The Hall–Kier alpha value is -3.07. The van der Waals surface area contributed by atoms with E-state index in [0.717, 1.165) is 11.3 Å². The van der Waals surface area contributed by atoms with E-state index in [0.29, 0.717) is 11.3 Å². The Kier molecular flexibility index (Phi) is 6.46. The summed E-state index contributed by atoms with van der Waals surface area (Å²) in [6.45, 7) is 1.42. The number of aliphatic hydroxyl groups excluding tert-OH is 2. The molecule has 7 nitrogen and oxygen atoms in total. The van der Waals surface area contributed by atoms with Crippen molar-refractivity contribution in [3.05, 3.63) is 87.9 Å². The Bertz CT molecular complexity index is 1330. The second kappa shape index (κ2) is 9.35. The van der Waals surface area contributed by atoms with Crippen LogP contribution in [0, 0.1) is 11.8 Å². The van der Waals surface area contributed by atoms with Crippen molar-refractivity contribution in [2.75, 3.05) is 19.8 Å². The van der Waals surface area contributed by atoms with E-state index in [-0.39, 0.29) is 40.6 Å². The Morgan fingerprint density at radius 2 is 1.73 bits per heavy atom. The number of Topliss-reactive ketones (excluding diaryl/α,β-unsaturated/α-hetero) is 2. The van der Waals surface area contributed by atoms with Crippen molar-refractivity contribution in [1.82, 2.24) is 4.90 Å². The first-order valence-electron chi connectivity index (χ1n) is 12.3. The number of rotatable bonds is 5. The molecule has 2 aromatic carbocycles. The zero-order chi connectivity index (χ0) is 26.6. The summed E-state index contributed by atoms with van der Waals surface area (Å²) in [7, 11) is 3.49. The third kappa shape index (κ3) is 3.81. The van der Waals surface area contributed by atoms with E-state index in [9.17, 15) is 30.0 Å². The summed E-state index contributed by atoms with van der Waals surface area (Å²) >= 11 is 1.68. The second-order valence-electron chi connectivity index (χ2n) is 10.4. The van der Waals surface area contributed by atoms with Crippen LogP contribution in [-0.4, -0.2) is 68.4 Å². The number of carbonyl (C=O) groups excluding carboxylic acids is 2. The van der Waals surface area contributed by atoms with Gasteiger partial charge in [-0.2, -0.15) is 11.8 Å². The van der Waals surface area contributed by atoms with Gasteiger partial charge in [0.2, 0.25) is 5.78 Å². The number of aliphatic hydroxyl groups is 3. The molecule has 0 bridgehead atoms. The molecular formula is C29H31NO6S. The van der Waals surface area contributed by atoms with Crippen LogP contribution in [0.4, 0.5) is 0 Å². The summed E-state index contributed by atoms with van der Waals surface area (Å²) in [6, 6.07) is 14.2. The van der Waals surface area contributed by atoms with Crippen LogP contribution in [0.5, 0.6) is 5.75 Å². The molecule has 0 aliphatic heterocycles. The minimum atomic E-state index is -2.34. The maximum Gasteiger partial charge on any atom is 0.201 e. The molecule has 0 saturated carbocycles. The van der Waals surface area contributed by atoms with Crippen LogP contribution in [0.15, 0.2) is 71.2 Å². The lowest BCUT2D eigenvalue weighted by molar-refractivity contribution is -0.147. The SMILES string of the molecule is CC1=C(O)C(N(C)C)C2CC3C(=C(O)C2(O)C1=O)C(=O)c1c(O)cccc1C3CSCc1ccccc1. The second-order valence-corrected chi connectivity index (χ2v) is 11.4. The maximum absolute atomic E-state index is 13.7. The van der Waals surface area contributed by atoms with Crippen LogP contribution in [0.2, 0.25) is 0 Å². The number of hydrogen-bond donors (Lipinski definition) is 4. The minimum Gasteiger partial charge on any atom is -0.510 e. The van der Waals surface area contributed by atoms with Crippen molar-refractivity contribution in [3.63, 3.8) is 0 Å². The van der Waals surface area contributed by atoms with Crippen molar-refractivity contribution in [2.45, 2.75) is 36.7 Å². The topological polar surface area (TPSA) is 118 Å². The smallest absolute Gasteiger partial charge is 0.201 e. The lowest BCUT2D eigenvalue weighted by Crippen LogP contribution is -2.63. The van der Waals surface area contributed by atoms with Crippen molar-refractivity contribution in [3.8, 4) is 5.75 Å². The standard InChI is InChI=1S/C29H31NO6S/c1-15-25(32)24(30(2)3)20-12-18-19(14-37-13-16-8-5-4-6-9-16)17-10-7-11-21(31)22(17)26(33)23(18)28(35)29(20,36)27(15)34/h4-11,18-20,24,31-32,35-36H,12-14H2,1-3H3. The highest BCUT2D eigenvalue weighted by molar-refractivity contribution is 7.98. The largest absolute Gasteiger partial charge is 0.510 e. The summed E-state index contributed by atoms with van der Waals surface area (Å²) in [5, 5.41) is 44.8. The Labute approximate surface area is 220 Å². The first-order valence-corrected chi connectivity index (χ1v) is 13.5. The summed E-state index contributed by atoms with van der Waals surface area (Å²) in [4.78, 5) is 28.8. The summed E-state index contributed by atoms with van der Waals surface area (Å²) < 4.78 is 0. The molecule has 0 radical (unpaired) electrons. The van der Waals surface area contributed by atoms with Crippen molar-refractivity contribution < 1.29 is 30.0 Å². The van der Waals surface area contributed by atoms with E-state index in [1.807, 2.05) is 36.4 Å². The third-order valence-electron chi connectivity index (χ3n) is 8.16. The van der Waals surface area contributed by atoms with Gasteiger partial charge >= 0.3 is 0 Å². The number of nitrogens with zero attached hydrogens (tertiary/aromatic N) is 1. The molecule has 3 aliphatic rings. The van der Waals surface area contributed by atoms with Gasteiger partial charge in [0, 0.05) is 34.5 Å². The molecule has 0 fully saturated rings. The average molecular weight is 522 g/mol. The molecule has 5 atom stereocenters. The van der Waals surface area contributed by atoms with E-state index in [4.69, 9.17) is 0 Å². The lowest BCUT2D eigenvalue weighted by atomic mass is 9.56. The van der Waals surface area contributed by atoms with Gasteiger partial charge in [-0.3, -0.25) is 14.5 Å². The number of phenols is 1. The summed E-state index contributed by atoms with van der Waals surface area (Å²) in [5.41, 5.74) is -0.436. The van der Waals surface area contributed by atoms with Gasteiger partial charge in [-0.25, -0.2) is 0 Å². The van der Waals surface area contributed by atoms with E-state index >= 15 is 0 Å². The maximum atomic E-state index is 13.7. The van der Waals surface area contributed by atoms with Crippen LogP contribution >= 0.6 is 11.8 Å². The van der Waals surface area contributed by atoms with Crippen molar-refractivity contribution >= 4 is 23.3 Å². The number of aromatic hydroxyl groups is 1. The molecule has 5 unspecified atom stereocenters. The zero-order valence-electron chi connectivity index (χ0n) is 21.0. The number of allylic oxidation sites excluding steroid dienone is 1. The number of phenolic OH excluding ortho intramolecular Hbond substituents is 1. The number of benzene rings is 2. The molecule has 0 aromatic heterocycles. The zero-order valence-corrected chi connectivity index (χ0v) is 21.8. The molecule has 0 amide bonds.